The zero-order valence-corrected chi connectivity index (χ0v) is 17.9. The molecule has 2 aromatic carbocycles. The third-order valence-corrected chi connectivity index (χ3v) is 5.95. The predicted octanol–water partition coefficient (Wildman–Crippen LogP) is 4.40. The van der Waals surface area contributed by atoms with Gasteiger partial charge in [-0.25, -0.2) is 0 Å². The van der Waals surface area contributed by atoms with Crippen LogP contribution in [0.3, 0.4) is 0 Å². The topological polar surface area (TPSA) is 54.7 Å². The fourth-order valence-corrected chi connectivity index (χ4v) is 4.30. The van der Waals surface area contributed by atoms with Gasteiger partial charge < -0.3 is 19.3 Å². The Bertz CT molecular complexity index is 1010. The summed E-state index contributed by atoms with van der Waals surface area (Å²) in [5, 5.41) is 12.3. The van der Waals surface area contributed by atoms with Gasteiger partial charge in [-0.1, -0.05) is 29.8 Å². The van der Waals surface area contributed by atoms with Gasteiger partial charge in [-0.15, -0.1) is 0 Å². The Morgan fingerprint density at radius 1 is 1.13 bits per heavy atom. The highest BCUT2D eigenvalue weighted by atomic mass is 35.5. The number of hydrogen-bond donors (Lipinski definition) is 1. The molecule has 5 nitrogen and oxygen atoms in total. The lowest BCUT2D eigenvalue weighted by Gasteiger charge is -2.33. The van der Waals surface area contributed by atoms with Gasteiger partial charge in [0, 0.05) is 53.9 Å². The number of carbonyl (C=O) groups excluding carboxylic acids is 1. The van der Waals surface area contributed by atoms with Crippen molar-refractivity contribution >= 4 is 28.3 Å². The lowest BCUT2D eigenvalue weighted by molar-refractivity contribution is 0.0553. The van der Waals surface area contributed by atoms with Crippen LogP contribution in [0, 0.1) is 0 Å². The van der Waals surface area contributed by atoms with Crippen molar-refractivity contribution in [1.82, 2.24) is 9.47 Å². The highest BCUT2D eigenvalue weighted by Crippen LogP contribution is 2.23. The maximum absolute atomic E-state index is 12.0. The van der Waals surface area contributed by atoms with Crippen molar-refractivity contribution in [2.75, 3.05) is 19.6 Å². The predicted molar refractivity (Wildman–Crippen MR) is 119 cm³/mol. The molecule has 0 bridgehead atoms. The number of halogens is 1. The molecule has 0 radical (unpaired) electrons. The van der Waals surface area contributed by atoms with Gasteiger partial charge in [0.15, 0.2) is 5.78 Å². The van der Waals surface area contributed by atoms with Crippen LogP contribution >= 0.6 is 11.6 Å². The number of β-amino-alcohol motifs (C(OH)–C–C–N with tert-alkyl or cyclic N) is 1. The quantitative estimate of drug-likeness (QED) is 0.569. The number of hydrogen-bond acceptors (Lipinski definition) is 4. The van der Waals surface area contributed by atoms with Crippen molar-refractivity contribution in [1.29, 1.82) is 0 Å². The molecule has 6 heteroatoms. The number of rotatable bonds is 7. The maximum atomic E-state index is 12.0. The third-order valence-electron chi connectivity index (χ3n) is 5.70. The molecule has 1 atom stereocenters. The molecular formula is C24H27ClN2O3. The molecule has 158 valence electrons. The molecular weight excluding hydrogens is 400 g/mol. The van der Waals surface area contributed by atoms with E-state index in [1.807, 2.05) is 59.3 Å². The number of aliphatic hydroxyl groups is 1. The van der Waals surface area contributed by atoms with Crippen molar-refractivity contribution < 1.29 is 14.6 Å². The van der Waals surface area contributed by atoms with Crippen molar-refractivity contribution in [3.05, 3.63) is 65.3 Å². The Morgan fingerprint density at radius 2 is 1.83 bits per heavy atom. The van der Waals surface area contributed by atoms with Gasteiger partial charge in [0.2, 0.25) is 0 Å². The molecule has 3 aromatic rings. The summed E-state index contributed by atoms with van der Waals surface area (Å²) < 4.78 is 8.04. The maximum Gasteiger partial charge on any atom is 0.161 e. The molecule has 1 fully saturated rings. The minimum absolute atomic E-state index is 0.0437. The monoisotopic (exact) mass is 426 g/mol. The molecule has 4 rings (SSSR count). The number of carbonyl (C=O) groups is 1. The van der Waals surface area contributed by atoms with Crippen molar-refractivity contribution in [2.45, 2.75) is 38.5 Å². The second kappa shape index (κ2) is 9.21. The fourth-order valence-electron chi connectivity index (χ4n) is 4.18. The number of nitrogens with zero attached hydrogens (tertiary/aromatic N) is 2. The van der Waals surface area contributed by atoms with E-state index in [4.69, 9.17) is 16.3 Å². The molecule has 1 aliphatic heterocycles. The molecule has 1 unspecified atom stereocenters. The summed E-state index contributed by atoms with van der Waals surface area (Å²) in [4.78, 5) is 14.2. The number of likely N-dealkylation sites (tertiary alicyclic amines) is 1. The first kappa shape index (κ1) is 20.9. The van der Waals surface area contributed by atoms with Gasteiger partial charge >= 0.3 is 0 Å². The number of aromatic nitrogens is 1. The number of aliphatic hydroxyl groups excluding tert-OH is 1. The smallest absolute Gasteiger partial charge is 0.161 e. The Morgan fingerprint density at radius 3 is 2.53 bits per heavy atom. The Labute approximate surface area is 181 Å². The first-order valence-electron chi connectivity index (χ1n) is 10.4. The average Bonchev–Trinajstić information content (AvgIpc) is 3.10. The van der Waals surface area contributed by atoms with Crippen LogP contribution in [-0.4, -0.2) is 52.2 Å². The van der Waals surface area contributed by atoms with E-state index in [-0.39, 0.29) is 11.9 Å². The zero-order chi connectivity index (χ0) is 21.1. The van der Waals surface area contributed by atoms with Gasteiger partial charge in [0.1, 0.15) is 11.9 Å². The normalized spacial score (nSPS) is 16.6. The Balaban J connectivity index is 1.31. The summed E-state index contributed by atoms with van der Waals surface area (Å²) in [5.74, 6) is 0.890. The molecule has 0 saturated carbocycles. The molecule has 1 aromatic heterocycles. The van der Waals surface area contributed by atoms with Crippen LogP contribution in [-0.2, 0) is 6.54 Å². The van der Waals surface area contributed by atoms with E-state index in [0.717, 1.165) is 42.6 Å². The molecule has 30 heavy (non-hydrogen) atoms. The SMILES string of the molecule is CC(=O)c1cn(CC(O)CN2CCC(Oc3ccc(Cl)cc3)CC2)c2ccccc12. The molecule has 2 heterocycles. The number of ketones is 1. The van der Waals surface area contributed by atoms with Gasteiger partial charge in [-0.2, -0.15) is 0 Å². The Kier molecular flexibility index (Phi) is 6.42. The van der Waals surface area contributed by atoms with Crippen LogP contribution in [0.15, 0.2) is 54.7 Å². The average molecular weight is 427 g/mol. The lowest BCUT2D eigenvalue weighted by Crippen LogP contribution is -2.42. The minimum atomic E-state index is -0.505. The summed E-state index contributed by atoms with van der Waals surface area (Å²) in [5.41, 5.74) is 1.69. The number of ether oxygens (including phenoxy) is 1. The molecule has 0 aliphatic carbocycles. The summed E-state index contributed by atoms with van der Waals surface area (Å²) in [6, 6.07) is 15.3. The molecule has 1 aliphatic rings. The van der Waals surface area contributed by atoms with Gasteiger partial charge in [-0.05, 0) is 50.1 Å². The van der Waals surface area contributed by atoms with E-state index in [0.29, 0.717) is 23.7 Å². The van der Waals surface area contributed by atoms with E-state index >= 15 is 0 Å². The van der Waals surface area contributed by atoms with Crippen molar-refractivity contribution in [3.63, 3.8) is 0 Å². The highest BCUT2D eigenvalue weighted by molar-refractivity contribution is 6.30. The van der Waals surface area contributed by atoms with Crippen LogP contribution in [0.4, 0.5) is 0 Å². The standard InChI is InChI=1S/C24H27ClN2O3/c1-17(28)23-16-27(24-5-3-2-4-22(23)24)15-19(29)14-26-12-10-21(11-13-26)30-20-8-6-18(25)7-9-20/h2-9,16,19,21,29H,10-15H2,1H3. The van der Waals surface area contributed by atoms with E-state index in [1.54, 1.807) is 6.92 Å². The molecule has 0 amide bonds. The number of para-hydroxylation sites is 1. The van der Waals surface area contributed by atoms with Crippen LogP contribution < -0.4 is 4.74 Å². The van der Waals surface area contributed by atoms with Crippen LogP contribution in [0.5, 0.6) is 5.75 Å². The zero-order valence-electron chi connectivity index (χ0n) is 17.1. The summed E-state index contributed by atoms with van der Waals surface area (Å²) in [6.45, 7) is 4.43. The van der Waals surface area contributed by atoms with Crippen LogP contribution in [0.2, 0.25) is 5.02 Å². The summed E-state index contributed by atoms with van der Waals surface area (Å²) in [6.07, 6.45) is 3.40. The van der Waals surface area contributed by atoms with Gasteiger partial charge in [0.25, 0.3) is 0 Å². The second-order valence-corrected chi connectivity index (χ2v) is 8.43. The van der Waals surface area contributed by atoms with Crippen LogP contribution in [0.25, 0.3) is 10.9 Å². The van der Waals surface area contributed by atoms with Gasteiger partial charge in [0.05, 0.1) is 6.10 Å². The number of piperidine rings is 1. The van der Waals surface area contributed by atoms with Crippen LogP contribution in [0.1, 0.15) is 30.1 Å². The Hall–Kier alpha value is -2.34. The van der Waals surface area contributed by atoms with E-state index in [9.17, 15) is 9.90 Å². The number of Topliss-reactive ketones (excluding diaryl/α,β-unsaturated/α-hetero) is 1. The van der Waals surface area contributed by atoms with Gasteiger partial charge in [-0.3, -0.25) is 4.79 Å². The van der Waals surface area contributed by atoms with E-state index < -0.39 is 6.10 Å². The second-order valence-electron chi connectivity index (χ2n) is 7.99. The largest absolute Gasteiger partial charge is 0.490 e. The first-order valence-corrected chi connectivity index (χ1v) is 10.8. The number of fused-ring (bicyclic) bond motifs is 1. The van der Waals surface area contributed by atoms with Crippen molar-refractivity contribution in [2.24, 2.45) is 0 Å². The summed E-state index contributed by atoms with van der Waals surface area (Å²) >= 11 is 5.92. The third kappa shape index (κ3) is 4.86. The first-order chi connectivity index (χ1) is 14.5. The highest BCUT2D eigenvalue weighted by Gasteiger charge is 2.23. The summed E-state index contributed by atoms with van der Waals surface area (Å²) in [7, 11) is 0. The molecule has 1 saturated heterocycles. The minimum Gasteiger partial charge on any atom is -0.490 e. The number of benzene rings is 2. The lowest BCUT2D eigenvalue weighted by atomic mass is 10.1. The van der Waals surface area contributed by atoms with E-state index in [2.05, 4.69) is 4.90 Å². The fraction of sp³-hybridized carbons (Fsp3) is 0.375. The molecule has 0 spiro atoms. The molecule has 1 N–H and O–H groups in total. The van der Waals surface area contributed by atoms with Crippen molar-refractivity contribution in [3.8, 4) is 5.75 Å². The van der Waals surface area contributed by atoms with E-state index in [1.165, 1.54) is 0 Å².